The number of fused-ring (bicyclic) bond motifs is 5. The zero-order valence-electron chi connectivity index (χ0n) is 18.5. The van der Waals surface area contributed by atoms with Crippen LogP contribution in [-0.4, -0.2) is 35.2 Å². The summed E-state index contributed by atoms with van der Waals surface area (Å²) in [5, 5.41) is 10.5. The van der Waals surface area contributed by atoms with Crippen molar-refractivity contribution in [2.24, 2.45) is 17.3 Å². The Bertz CT molecular complexity index is 800. The number of carbonyl (C=O) groups excluding carboxylic acids is 1. The molecule has 2 N–H and O–H groups in total. The van der Waals surface area contributed by atoms with Crippen LogP contribution in [0.1, 0.15) is 69.9 Å². The molecule has 0 spiro atoms. The first-order valence-corrected chi connectivity index (χ1v) is 12.3. The summed E-state index contributed by atoms with van der Waals surface area (Å²) in [7, 11) is -2.22. The van der Waals surface area contributed by atoms with E-state index in [1.807, 2.05) is 12.1 Å². The lowest BCUT2D eigenvalue weighted by Gasteiger charge is -2.50. The highest BCUT2D eigenvalue weighted by Crippen LogP contribution is 2.61. The Kier molecular flexibility index (Phi) is 6.78. The number of aliphatic hydroxyl groups excluding tert-OH is 1. The molecule has 31 heavy (non-hydrogen) atoms. The highest BCUT2D eigenvalue weighted by Gasteiger charge is 2.54. The molecule has 0 heterocycles. The third-order valence-electron chi connectivity index (χ3n) is 7.50. The monoisotopic (exact) mass is 452 g/mol. The van der Waals surface area contributed by atoms with Crippen LogP contribution in [0.3, 0.4) is 0 Å². The highest BCUT2D eigenvalue weighted by molar-refractivity contribution is 7.41. The molecule has 0 aromatic heterocycles. The van der Waals surface area contributed by atoms with E-state index < -0.39 is 21.6 Å². The molecule has 7 nitrogen and oxygen atoms in total. The topological polar surface area (TPSA) is 94.5 Å². The van der Waals surface area contributed by atoms with Gasteiger partial charge in [-0.05, 0) is 98.8 Å². The summed E-state index contributed by atoms with van der Waals surface area (Å²) in [4.78, 5) is 21.3. The van der Waals surface area contributed by atoms with Crippen molar-refractivity contribution in [1.82, 2.24) is 0 Å². The van der Waals surface area contributed by atoms with Crippen LogP contribution >= 0.6 is 8.60 Å². The molecule has 8 heteroatoms. The fourth-order valence-corrected chi connectivity index (χ4v) is 6.54. The maximum atomic E-state index is 11.3. The SMILES string of the molecule is CC(C)OC(=O)OCOP(O)Oc1ccc2c(c1)CCC1C2CCC2(C)C(O)CCC12. The van der Waals surface area contributed by atoms with Gasteiger partial charge in [0, 0.05) is 0 Å². The fourth-order valence-electron chi connectivity index (χ4n) is 6.05. The summed E-state index contributed by atoms with van der Waals surface area (Å²) in [5.41, 5.74) is 2.73. The molecule has 0 saturated heterocycles. The van der Waals surface area contributed by atoms with Crippen LogP contribution in [0.15, 0.2) is 18.2 Å². The summed E-state index contributed by atoms with van der Waals surface area (Å²) in [6.07, 6.45) is 5.07. The van der Waals surface area contributed by atoms with Gasteiger partial charge in [0.15, 0.2) is 0 Å². The minimum absolute atomic E-state index is 0.0788. The van der Waals surface area contributed by atoms with Crippen molar-refractivity contribution in [2.45, 2.75) is 77.4 Å². The lowest BCUT2D eigenvalue weighted by molar-refractivity contribution is -0.0226. The molecule has 0 aliphatic heterocycles. The normalized spacial score (nSPS) is 32.6. The van der Waals surface area contributed by atoms with Gasteiger partial charge < -0.3 is 24.0 Å². The molecule has 172 valence electrons. The number of benzene rings is 1. The summed E-state index contributed by atoms with van der Waals surface area (Å²) < 4.78 is 20.1. The Morgan fingerprint density at radius 1 is 1.26 bits per heavy atom. The molecule has 2 saturated carbocycles. The molecule has 2 fully saturated rings. The lowest BCUT2D eigenvalue weighted by atomic mass is 9.55. The molecule has 1 aromatic rings. The van der Waals surface area contributed by atoms with Crippen molar-refractivity contribution in [1.29, 1.82) is 0 Å². The van der Waals surface area contributed by atoms with Gasteiger partial charge in [-0.3, -0.25) is 4.52 Å². The van der Waals surface area contributed by atoms with E-state index in [0.717, 1.165) is 38.5 Å². The second-order valence-electron chi connectivity index (χ2n) is 9.55. The molecule has 3 aliphatic carbocycles. The number of hydrogen-bond donors (Lipinski definition) is 2. The largest absolute Gasteiger partial charge is 0.510 e. The minimum atomic E-state index is -2.22. The van der Waals surface area contributed by atoms with Crippen molar-refractivity contribution < 1.29 is 33.3 Å². The Morgan fingerprint density at radius 3 is 2.84 bits per heavy atom. The third kappa shape index (κ3) is 4.70. The van der Waals surface area contributed by atoms with E-state index in [1.165, 1.54) is 11.1 Å². The van der Waals surface area contributed by atoms with Crippen molar-refractivity contribution in [2.75, 3.05) is 6.79 Å². The first-order chi connectivity index (χ1) is 14.8. The van der Waals surface area contributed by atoms with Crippen LogP contribution in [0.5, 0.6) is 5.75 Å². The molecule has 0 bridgehead atoms. The number of hydrogen-bond acceptors (Lipinski definition) is 7. The minimum Gasteiger partial charge on any atom is -0.432 e. The predicted molar refractivity (Wildman–Crippen MR) is 115 cm³/mol. The standard InChI is InChI=1S/C23H33O7P/c1-14(2)29-22(25)27-13-28-31(26)30-16-5-7-17-15(12-16)4-6-19-18(17)10-11-23(3)20(19)8-9-21(23)24/h5,7,12,14,18-21,24,26H,4,6,8-11,13H2,1-3H3. The first-order valence-electron chi connectivity index (χ1n) is 11.2. The number of rotatable bonds is 6. The molecule has 6 atom stereocenters. The van der Waals surface area contributed by atoms with E-state index in [0.29, 0.717) is 23.5 Å². The Morgan fingerprint density at radius 2 is 2.06 bits per heavy atom. The number of ether oxygens (including phenoxy) is 2. The second-order valence-corrected chi connectivity index (χ2v) is 10.5. The van der Waals surface area contributed by atoms with E-state index in [9.17, 15) is 14.8 Å². The number of carbonyl (C=O) groups is 1. The molecule has 0 radical (unpaired) electrons. The maximum Gasteiger partial charge on any atom is 0.510 e. The van der Waals surface area contributed by atoms with Gasteiger partial charge in [-0.1, -0.05) is 13.0 Å². The van der Waals surface area contributed by atoms with Gasteiger partial charge in [-0.15, -0.1) is 0 Å². The average molecular weight is 452 g/mol. The predicted octanol–water partition coefficient (Wildman–Crippen LogP) is 5.04. The van der Waals surface area contributed by atoms with Crippen molar-refractivity contribution in [3.8, 4) is 5.75 Å². The van der Waals surface area contributed by atoms with Crippen molar-refractivity contribution in [3.05, 3.63) is 29.3 Å². The highest BCUT2D eigenvalue weighted by atomic mass is 31.2. The molecule has 3 aliphatic rings. The van der Waals surface area contributed by atoms with Crippen molar-refractivity contribution in [3.63, 3.8) is 0 Å². The number of aryl methyl sites for hydroxylation is 1. The summed E-state index contributed by atoms with van der Waals surface area (Å²) in [6.45, 7) is 5.28. The summed E-state index contributed by atoms with van der Waals surface area (Å²) in [5.74, 6) is 2.32. The second kappa shape index (κ2) is 9.22. The van der Waals surface area contributed by atoms with Gasteiger partial charge in [-0.25, -0.2) is 4.79 Å². The zero-order chi connectivity index (χ0) is 22.2. The Balaban J connectivity index is 1.35. The number of aliphatic hydroxyl groups is 1. The fraction of sp³-hybridized carbons (Fsp3) is 0.696. The van der Waals surface area contributed by atoms with Gasteiger partial charge in [0.1, 0.15) is 5.75 Å². The van der Waals surface area contributed by atoms with Gasteiger partial charge in [0.25, 0.3) is 0 Å². The smallest absolute Gasteiger partial charge is 0.432 e. The zero-order valence-corrected chi connectivity index (χ0v) is 19.3. The summed E-state index contributed by atoms with van der Waals surface area (Å²) in [6, 6.07) is 5.99. The van der Waals surface area contributed by atoms with Gasteiger partial charge in [0.05, 0.1) is 12.2 Å². The van der Waals surface area contributed by atoms with Gasteiger partial charge in [0.2, 0.25) is 6.79 Å². The van der Waals surface area contributed by atoms with Crippen LogP contribution in [0.25, 0.3) is 0 Å². The summed E-state index contributed by atoms with van der Waals surface area (Å²) >= 11 is 0. The van der Waals surface area contributed by atoms with E-state index in [4.69, 9.17) is 18.5 Å². The quantitative estimate of drug-likeness (QED) is 0.355. The van der Waals surface area contributed by atoms with E-state index in [2.05, 4.69) is 13.0 Å². The van der Waals surface area contributed by atoms with Crippen molar-refractivity contribution >= 4 is 14.8 Å². The Labute approximate surface area is 185 Å². The van der Waals surface area contributed by atoms with Gasteiger partial charge >= 0.3 is 14.8 Å². The van der Waals surface area contributed by atoms with E-state index in [1.54, 1.807) is 13.8 Å². The molecule has 4 rings (SSSR count). The third-order valence-corrected chi connectivity index (χ3v) is 8.20. The van der Waals surface area contributed by atoms with E-state index in [-0.39, 0.29) is 17.6 Å². The maximum absolute atomic E-state index is 11.3. The lowest BCUT2D eigenvalue weighted by Crippen LogP contribution is -2.43. The van der Waals surface area contributed by atoms with Crippen LogP contribution in [0, 0.1) is 17.3 Å². The van der Waals surface area contributed by atoms with E-state index >= 15 is 0 Å². The molecule has 1 aromatic carbocycles. The van der Waals surface area contributed by atoms with Crippen LogP contribution < -0.4 is 4.52 Å². The Hall–Kier alpha value is -1.40. The average Bonchev–Trinajstić information content (AvgIpc) is 3.02. The van der Waals surface area contributed by atoms with Gasteiger partial charge in [-0.2, -0.15) is 0 Å². The van der Waals surface area contributed by atoms with Crippen LogP contribution in [0.4, 0.5) is 4.79 Å². The first kappa shape index (κ1) is 22.8. The van der Waals surface area contributed by atoms with Crippen LogP contribution in [0.2, 0.25) is 0 Å². The molecule has 0 amide bonds. The molecule has 6 unspecified atom stereocenters. The van der Waals surface area contributed by atoms with Crippen LogP contribution in [-0.2, 0) is 20.4 Å². The molecular formula is C23H33O7P. The molecular weight excluding hydrogens is 419 g/mol.